The Bertz CT molecular complexity index is 537. The predicted molar refractivity (Wildman–Crippen MR) is 75.7 cm³/mol. The first-order valence-corrected chi connectivity index (χ1v) is 6.07. The second-order valence-corrected chi connectivity index (χ2v) is 4.23. The molecule has 0 atom stereocenters. The highest BCUT2D eigenvalue weighted by molar-refractivity contribution is 6.33. The Kier molecular flexibility index (Phi) is 4.37. The summed E-state index contributed by atoms with van der Waals surface area (Å²) in [5, 5.41) is 0.625. The molecule has 2 aromatic rings. The van der Waals surface area contributed by atoms with E-state index in [1.807, 2.05) is 54.6 Å². The molecule has 2 aromatic carbocycles. The van der Waals surface area contributed by atoms with E-state index in [0.29, 0.717) is 17.3 Å². The number of benzene rings is 2. The molecule has 0 saturated heterocycles. The number of ether oxygens (including phenoxy) is 1. The predicted octanol–water partition coefficient (Wildman–Crippen LogP) is 4.26. The molecule has 0 aliphatic heterocycles. The summed E-state index contributed by atoms with van der Waals surface area (Å²) in [6, 6.07) is 17.5. The molecule has 0 unspecified atom stereocenters. The number of hydrogen-bond donors (Lipinski definition) is 0. The summed E-state index contributed by atoms with van der Waals surface area (Å²) in [5.41, 5.74) is 1.89. The van der Waals surface area contributed by atoms with Gasteiger partial charge in [0.1, 0.15) is 0 Å². The lowest BCUT2D eigenvalue weighted by Gasteiger charge is -2.06. The molecule has 2 nitrogen and oxygen atoms in total. The third-order valence-corrected chi connectivity index (χ3v) is 2.85. The van der Waals surface area contributed by atoms with Crippen molar-refractivity contribution in [3.8, 4) is 0 Å². The van der Waals surface area contributed by atoms with Crippen LogP contribution in [0.5, 0.6) is 0 Å². The summed E-state index contributed by atoms with van der Waals surface area (Å²) in [6.45, 7) is 0. The topological polar surface area (TPSA) is 21.6 Å². The van der Waals surface area contributed by atoms with Crippen molar-refractivity contribution < 1.29 is 4.74 Å². The van der Waals surface area contributed by atoms with Gasteiger partial charge in [0, 0.05) is 6.42 Å². The first kappa shape index (κ1) is 12.7. The second-order valence-electron chi connectivity index (χ2n) is 3.82. The summed E-state index contributed by atoms with van der Waals surface area (Å²) in [7, 11) is 1.62. The van der Waals surface area contributed by atoms with Crippen LogP contribution in [0.3, 0.4) is 0 Å². The Morgan fingerprint density at radius 3 is 2.39 bits per heavy atom. The van der Waals surface area contributed by atoms with Crippen molar-refractivity contribution >= 4 is 23.2 Å². The number of rotatable bonds is 3. The average Bonchev–Trinajstić information content (AvgIpc) is 2.41. The molecule has 0 aliphatic carbocycles. The van der Waals surface area contributed by atoms with E-state index >= 15 is 0 Å². The van der Waals surface area contributed by atoms with Crippen LogP contribution in [0.1, 0.15) is 5.56 Å². The number of halogens is 1. The quantitative estimate of drug-likeness (QED) is 0.596. The van der Waals surface area contributed by atoms with Gasteiger partial charge in [0.15, 0.2) is 5.90 Å². The first-order valence-electron chi connectivity index (χ1n) is 5.69. The van der Waals surface area contributed by atoms with Crippen molar-refractivity contribution in [2.75, 3.05) is 7.11 Å². The maximum absolute atomic E-state index is 6.07. The summed E-state index contributed by atoms with van der Waals surface area (Å²) in [4.78, 5) is 4.43. The van der Waals surface area contributed by atoms with Gasteiger partial charge < -0.3 is 4.74 Å². The van der Waals surface area contributed by atoms with Crippen LogP contribution in [0.25, 0.3) is 0 Å². The van der Waals surface area contributed by atoms with Crippen molar-refractivity contribution in [3.05, 3.63) is 65.2 Å². The van der Waals surface area contributed by atoms with Gasteiger partial charge in [-0.25, -0.2) is 4.99 Å². The van der Waals surface area contributed by atoms with E-state index in [-0.39, 0.29) is 0 Å². The molecule has 0 bridgehead atoms. The highest BCUT2D eigenvalue weighted by Crippen LogP contribution is 2.24. The lowest BCUT2D eigenvalue weighted by Crippen LogP contribution is -2.05. The third-order valence-electron chi connectivity index (χ3n) is 2.53. The Hall–Kier alpha value is -1.80. The molecule has 0 saturated carbocycles. The van der Waals surface area contributed by atoms with Crippen LogP contribution in [-0.2, 0) is 11.2 Å². The Labute approximate surface area is 112 Å². The molecule has 0 heterocycles. The normalized spacial score (nSPS) is 11.3. The van der Waals surface area contributed by atoms with E-state index in [1.165, 1.54) is 0 Å². The highest BCUT2D eigenvalue weighted by atomic mass is 35.5. The first-order chi connectivity index (χ1) is 8.79. The van der Waals surface area contributed by atoms with Gasteiger partial charge in [-0.05, 0) is 17.7 Å². The van der Waals surface area contributed by atoms with Crippen molar-refractivity contribution in [1.29, 1.82) is 0 Å². The summed E-state index contributed by atoms with van der Waals surface area (Å²) in [6.07, 6.45) is 0.655. The van der Waals surface area contributed by atoms with E-state index in [0.717, 1.165) is 11.3 Å². The summed E-state index contributed by atoms with van der Waals surface area (Å²) < 4.78 is 5.30. The van der Waals surface area contributed by atoms with Crippen LogP contribution in [-0.4, -0.2) is 13.0 Å². The third kappa shape index (κ3) is 3.34. The van der Waals surface area contributed by atoms with Crippen LogP contribution >= 0.6 is 11.6 Å². The molecule has 0 amide bonds. The average molecular weight is 260 g/mol. The number of aliphatic imine (C=N–C) groups is 1. The molecule has 0 aliphatic rings. The lowest BCUT2D eigenvalue weighted by atomic mass is 10.1. The number of nitrogens with zero attached hydrogens (tertiary/aromatic N) is 1. The largest absolute Gasteiger partial charge is 0.484 e. The van der Waals surface area contributed by atoms with E-state index in [9.17, 15) is 0 Å². The second kappa shape index (κ2) is 6.22. The number of hydrogen-bond acceptors (Lipinski definition) is 2. The van der Waals surface area contributed by atoms with Gasteiger partial charge in [-0.3, -0.25) is 0 Å². The fraction of sp³-hybridized carbons (Fsp3) is 0.133. The van der Waals surface area contributed by atoms with Crippen molar-refractivity contribution in [3.63, 3.8) is 0 Å². The van der Waals surface area contributed by atoms with Crippen LogP contribution in [0, 0.1) is 0 Å². The van der Waals surface area contributed by atoms with Crippen LogP contribution in [0.2, 0.25) is 5.02 Å². The molecule has 0 N–H and O–H groups in total. The van der Waals surface area contributed by atoms with Crippen LogP contribution < -0.4 is 0 Å². The maximum Gasteiger partial charge on any atom is 0.192 e. The molecule has 92 valence electrons. The standard InChI is InChI=1S/C15H14ClNO/c1-18-15(11-12-7-3-2-4-8-12)17-14-10-6-5-9-13(14)16/h2-10H,11H2,1H3. The summed E-state index contributed by atoms with van der Waals surface area (Å²) >= 11 is 6.07. The van der Waals surface area contributed by atoms with Crippen molar-refractivity contribution in [2.24, 2.45) is 4.99 Å². The number of para-hydroxylation sites is 1. The Balaban J connectivity index is 2.21. The molecule has 0 radical (unpaired) electrons. The SMILES string of the molecule is COC(Cc1ccccc1)=Nc1ccccc1Cl. The van der Waals surface area contributed by atoms with E-state index < -0.39 is 0 Å². The zero-order chi connectivity index (χ0) is 12.8. The summed E-state index contributed by atoms with van der Waals surface area (Å²) in [5.74, 6) is 0.648. The Morgan fingerprint density at radius 1 is 1.06 bits per heavy atom. The van der Waals surface area contributed by atoms with Crippen molar-refractivity contribution in [1.82, 2.24) is 0 Å². The molecule has 2 rings (SSSR count). The molecule has 18 heavy (non-hydrogen) atoms. The minimum absolute atomic E-state index is 0.625. The van der Waals surface area contributed by atoms with Crippen LogP contribution in [0.15, 0.2) is 59.6 Å². The molecule has 0 fully saturated rings. The zero-order valence-corrected chi connectivity index (χ0v) is 10.9. The molecule has 3 heteroatoms. The van der Waals surface area contributed by atoms with E-state index in [4.69, 9.17) is 16.3 Å². The minimum atomic E-state index is 0.625. The molecule has 0 spiro atoms. The fourth-order valence-electron chi connectivity index (χ4n) is 1.60. The van der Waals surface area contributed by atoms with Gasteiger partial charge in [0.05, 0.1) is 17.8 Å². The van der Waals surface area contributed by atoms with Gasteiger partial charge >= 0.3 is 0 Å². The van der Waals surface area contributed by atoms with Crippen LogP contribution in [0.4, 0.5) is 5.69 Å². The minimum Gasteiger partial charge on any atom is -0.484 e. The van der Waals surface area contributed by atoms with E-state index in [2.05, 4.69) is 4.99 Å². The van der Waals surface area contributed by atoms with Crippen molar-refractivity contribution in [2.45, 2.75) is 6.42 Å². The van der Waals surface area contributed by atoms with Gasteiger partial charge in [0.25, 0.3) is 0 Å². The monoisotopic (exact) mass is 259 g/mol. The van der Waals surface area contributed by atoms with Gasteiger partial charge in [-0.1, -0.05) is 54.1 Å². The maximum atomic E-state index is 6.07. The molecular weight excluding hydrogens is 246 g/mol. The fourth-order valence-corrected chi connectivity index (χ4v) is 1.78. The zero-order valence-electron chi connectivity index (χ0n) is 10.1. The number of methoxy groups -OCH3 is 1. The van der Waals surface area contributed by atoms with Gasteiger partial charge in [-0.2, -0.15) is 0 Å². The smallest absolute Gasteiger partial charge is 0.192 e. The van der Waals surface area contributed by atoms with Gasteiger partial charge in [-0.15, -0.1) is 0 Å². The Morgan fingerprint density at radius 2 is 1.72 bits per heavy atom. The van der Waals surface area contributed by atoms with E-state index in [1.54, 1.807) is 7.11 Å². The lowest BCUT2D eigenvalue weighted by molar-refractivity contribution is 0.394. The highest BCUT2D eigenvalue weighted by Gasteiger charge is 2.03. The molecular formula is C15H14ClNO. The van der Waals surface area contributed by atoms with Gasteiger partial charge in [0.2, 0.25) is 0 Å². The molecule has 0 aromatic heterocycles.